The molecule has 3 aliphatic heterocycles. The van der Waals surface area contributed by atoms with Crippen LogP contribution in [0.5, 0.6) is 0 Å². The number of carboxylic acid groups (broad SMARTS) is 1. The highest BCUT2D eigenvalue weighted by atomic mass is 16.8. The summed E-state index contributed by atoms with van der Waals surface area (Å²) in [5.74, 6) is -6.10. The topological polar surface area (TPSA) is 373 Å². The highest BCUT2D eigenvalue weighted by Gasteiger charge is 2.60. The third kappa shape index (κ3) is 40.8. The first-order valence-corrected chi connectivity index (χ1v) is 42.2. The minimum absolute atomic E-state index is 0.222. The Hall–Kier alpha value is -2.79. The van der Waals surface area contributed by atoms with Crippen molar-refractivity contribution in [3.63, 3.8) is 0 Å². The van der Waals surface area contributed by atoms with Crippen LogP contribution in [-0.2, 0) is 42.8 Å². The van der Waals surface area contributed by atoms with Crippen LogP contribution >= 0.6 is 0 Å². The van der Waals surface area contributed by atoms with Gasteiger partial charge in [-0.25, -0.2) is 4.79 Å². The van der Waals surface area contributed by atoms with E-state index >= 15 is 0 Å². The molecule has 2 amide bonds. The second-order valence-corrected chi connectivity index (χ2v) is 30.7. The summed E-state index contributed by atoms with van der Waals surface area (Å²) in [5.41, 5.74) is 0. The zero-order valence-electron chi connectivity index (χ0n) is 65.3. The Morgan fingerprint density at radius 1 is 0.495 bits per heavy atom. The quantitative estimate of drug-likeness (QED) is 0.0199. The van der Waals surface area contributed by atoms with E-state index in [1.54, 1.807) is 0 Å². The van der Waals surface area contributed by atoms with Gasteiger partial charge in [0.1, 0.15) is 67.1 Å². The Kier molecular flexibility index (Phi) is 55.9. The average Bonchev–Trinajstić information content (AvgIpc) is 0.755. The Morgan fingerprint density at radius 3 is 1.33 bits per heavy atom. The van der Waals surface area contributed by atoms with Gasteiger partial charge in [-0.05, 0) is 44.9 Å². The molecule has 18 unspecified atom stereocenters. The lowest BCUT2D eigenvalue weighted by atomic mass is 9.88. The number of carboxylic acids is 1. The van der Waals surface area contributed by atoms with Gasteiger partial charge in [0.05, 0.1) is 50.7 Å². The molecule has 3 aliphatic rings. The molecule has 0 aromatic rings. The first-order chi connectivity index (χ1) is 50.9. The van der Waals surface area contributed by atoms with Gasteiger partial charge >= 0.3 is 5.97 Å². The van der Waals surface area contributed by atoms with Gasteiger partial charge in [0, 0.05) is 19.8 Å². The fourth-order valence-electron chi connectivity index (χ4n) is 14.7. The van der Waals surface area contributed by atoms with E-state index < -0.39 is 148 Å². The van der Waals surface area contributed by atoms with Crippen LogP contribution in [0.1, 0.15) is 342 Å². The molecule has 0 aliphatic carbocycles. The van der Waals surface area contributed by atoms with Crippen molar-refractivity contribution in [2.45, 2.75) is 452 Å². The van der Waals surface area contributed by atoms with Crippen LogP contribution < -0.4 is 10.6 Å². The van der Waals surface area contributed by atoms with Crippen LogP contribution in [-0.4, -0.2) is 215 Å². The molecule has 0 spiro atoms. The number of nitrogens with one attached hydrogen (secondary N) is 2. The number of ether oxygens (including phenoxy) is 6. The highest BCUT2D eigenvalue weighted by Crippen LogP contribution is 2.39. The van der Waals surface area contributed by atoms with Crippen molar-refractivity contribution in [3.05, 3.63) is 24.3 Å². The van der Waals surface area contributed by atoms with E-state index in [0.717, 1.165) is 71.1 Å². The van der Waals surface area contributed by atoms with Gasteiger partial charge in [0.2, 0.25) is 11.8 Å². The number of aliphatic hydroxyl groups excluding tert-OH is 11. The first-order valence-electron chi connectivity index (χ1n) is 42.2. The third-order valence-electron chi connectivity index (χ3n) is 21.4. The van der Waals surface area contributed by atoms with Crippen molar-refractivity contribution in [1.29, 1.82) is 0 Å². The highest BCUT2D eigenvalue weighted by molar-refractivity contribution is 5.77. The number of carbonyl (C=O) groups excluding carboxylic acids is 2. The van der Waals surface area contributed by atoms with Crippen LogP contribution in [0.15, 0.2) is 24.3 Å². The maximum absolute atomic E-state index is 13.6. The lowest BCUT2D eigenvalue weighted by Crippen LogP contribution is -2.70. The SMILES string of the molecule is CCCCCCCCCCC/C=C\C/C=C\CCCCCCCCCCCCCC(=O)NC(COC1OC(CO)C(OC2OC(CO)C(O)C(OC3(C(=O)O)CC(O)C(NC(C)=O)C(C(O)C(O)CO)O3)C2O)C(O)C1O)C(O)CCCCCCCCCCCCCCCCCCCCCCCCCC. The molecule has 0 aromatic carbocycles. The molecule has 14 N–H and O–H groups in total. The predicted molar refractivity (Wildman–Crippen MR) is 408 cm³/mol. The molecule has 0 radical (unpaired) electrons. The summed E-state index contributed by atoms with van der Waals surface area (Å²) in [7, 11) is 0. The molecule has 3 fully saturated rings. The van der Waals surface area contributed by atoms with Gasteiger partial charge in [0.15, 0.2) is 12.6 Å². The third-order valence-corrected chi connectivity index (χ3v) is 21.4. The predicted octanol–water partition coefficient (Wildman–Crippen LogP) is 11.9. The zero-order valence-corrected chi connectivity index (χ0v) is 65.3. The molecular weight excluding hydrogens is 1350 g/mol. The van der Waals surface area contributed by atoms with Crippen molar-refractivity contribution in [2.75, 3.05) is 26.4 Å². The standard InChI is InChI=1S/C82H152N2O21/c1-4-6-8-10-12-14-16-18-20-22-24-26-28-30-31-32-34-36-38-40-42-44-46-48-50-52-54-56-69(92)84-63(64(89)55-53-51-49-47-45-43-41-39-37-35-33-29-27-25-23-21-19-17-15-13-11-9-7-5-2)61-100-79-74(96)73(95)76(68(60-87)102-79)103-80-75(97)78(72(94)67(59-86)101-80)105-82(81(98)99)57-65(90)70(83-62(3)88)77(104-82)71(93)66(91)58-85/h24,26,30-31,63-68,70-80,85-87,89-91,93-97H,4-23,25,27-29,32-61H2,1-3H3,(H,83,88)(H,84,92)(H,98,99)/b26-24-,31-30-. The number of aliphatic carboxylic acids is 1. The minimum Gasteiger partial charge on any atom is -0.477 e. The molecule has 3 rings (SSSR count). The molecule has 616 valence electrons. The summed E-state index contributed by atoms with van der Waals surface area (Å²) >= 11 is 0. The number of hydrogen-bond donors (Lipinski definition) is 14. The Balaban J connectivity index is 1.50. The average molecular weight is 1500 g/mol. The van der Waals surface area contributed by atoms with Gasteiger partial charge in [-0.3, -0.25) is 9.59 Å². The number of allylic oxidation sites excluding steroid dienone is 4. The summed E-state index contributed by atoms with van der Waals surface area (Å²) in [6.07, 6.45) is 38.8. The molecule has 0 saturated carbocycles. The molecule has 0 bridgehead atoms. The van der Waals surface area contributed by atoms with Crippen molar-refractivity contribution < 1.29 is 104 Å². The van der Waals surface area contributed by atoms with Crippen LogP contribution in [0.2, 0.25) is 0 Å². The molecule has 105 heavy (non-hydrogen) atoms. The molecule has 18 atom stereocenters. The Morgan fingerprint density at radius 2 is 0.914 bits per heavy atom. The van der Waals surface area contributed by atoms with E-state index in [1.807, 2.05) is 0 Å². The van der Waals surface area contributed by atoms with Crippen LogP contribution in [0.3, 0.4) is 0 Å². The largest absolute Gasteiger partial charge is 0.477 e. The summed E-state index contributed by atoms with van der Waals surface area (Å²) in [5, 5.41) is 137. The second-order valence-electron chi connectivity index (χ2n) is 30.7. The number of unbranched alkanes of at least 4 members (excludes halogenated alkanes) is 43. The van der Waals surface area contributed by atoms with Crippen molar-refractivity contribution >= 4 is 17.8 Å². The number of amides is 2. The normalized spacial score (nSPS) is 26.3. The molecule has 23 heteroatoms. The lowest BCUT2D eigenvalue weighted by Gasteiger charge is -2.50. The first kappa shape index (κ1) is 96.4. The molecular formula is C82H152N2O21. The number of aliphatic hydroxyl groups is 11. The van der Waals surface area contributed by atoms with Crippen molar-refractivity contribution in [2.24, 2.45) is 0 Å². The Labute approximate surface area is 632 Å². The van der Waals surface area contributed by atoms with Crippen molar-refractivity contribution in [1.82, 2.24) is 10.6 Å². The van der Waals surface area contributed by atoms with E-state index in [1.165, 1.54) is 225 Å². The van der Waals surface area contributed by atoms with Gasteiger partial charge < -0.3 is 100 Å². The van der Waals surface area contributed by atoms with E-state index in [0.29, 0.717) is 19.3 Å². The number of rotatable bonds is 67. The van der Waals surface area contributed by atoms with E-state index in [2.05, 4.69) is 48.8 Å². The molecule has 23 nitrogen and oxygen atoms in total. The number of hydrogen-bond acceptors (Lipinski definition) is 20. The second kappa shape index (κ2) is 60.9. The Bertz CT molecular complexity index is 2180. The van der Waals surface area contributed by atoms with Gasteiger partial charge in [-0.15, -0.1) is 0 Å². The van der Waals surface area contributed by atoms with Crippen molar-refractivity contribution in [3.8, 4) is 0 Å². The van der Waals surface area contributed by atoms with Crippen LogP contribution in [0.4, 0.5) is 0 Å². The molecule has 3 saturated heterocycles. The molecule has 3 heterocycles. The van der Waals surface area contributed by atoms with Crippen LogP contribution in [0.25, 0.3) is 0 Å². The molecule has 0 aromatic heterocycles. The summed E-state index contributed by atoms with van der Waals surface area (Å²) < 4.78 is 35.0. The lowest BCUT2D eigenvalue weighted by molar-refractivity contribution is -0.386. The summed E-state index contributed by atoms with van der Waals surface area (Å²) in [4.78, 5) is 38.8. The minimum atomic E-state index is -3.08. The summed E-state index contributed by atoms with van der Waals surface area (Å²) in [6.45, 7) is 2.26. The van der Waals surface area contributed by atoms with E-state index in [-0.39, 0.29) is 18.9 Å². The monoisotopic (exact) mass is 1500 g/mol. The fourth-order valence-corrected chi connectivity index (χ4v) is 14.7. The van der Waals surface area contributed by atoms with Gasteiger partial charge in [-0.1, -0.05) is 301 Å². The number of carbonyl (C=O) groups is 3. The van der Waals surface area contributed by atoms with E-state index in [4.69, 9.17) is 28.4 Å². The summed E-state index contributed by atoms with van der Waals surface area (Å²) in [6, 6.07) is -2.53. The van der Waals surface area contributed by atoms with Gasteiger partial charge in [0.25, 0.3) is 5.79 Å². The maximum atomic E-state index is 13.6. The van der Waals surface area contributed by atoms with E-state index in [9.17, 15) is 75.7 Å². The van der Waals surface area contributed by atoms with Crippen LogP contribution in [0, 0.1) is 0 Å². The van der Waals surface area contributed by atoms with Gasteiger partial charge in [-0.2, -0.15) is 0 Å². The smallest absolute Gasteiger partial charge is 0.364 e. The zero-order chi connectivity index (χ0) is 76.7. The maximum Gasteiger partial charge on any atom is 0.364 e. The fraction of sp³-hybridized carbons (Fsp3) is 0.915.